The van der Waals surface area contributed by atoms with E-state index in [1.165, 1.54) is 0 Å². The van der Waals surface area contributed by atoms with Crippen molar-refractivity contribution in [2.24, 2.45) is 5.73 Å². The number of hydrogen-bond donors (Lipinski definition) is 3. The number of aliphatic hydroxyl groups excluding tert-OH is 2. The second-order valence-electron chi connectivity index (χ2n) is 8.05. The van der Waals surface area contributed by atoms with Gasteiger partial charge in [-0.05, 0) is 35.6 Å². The van der Waals surface area contributed by atoms with E-state index < -0.39 is 6.10 Å². The summed E-state index contributed by atoms with van der Waals surface area (Å²) in [5.74, 6) is 0.535. The van der Waals surface area contributed by atoms with Crippen molar-refractivity contribution in [2.45, 2.75) is 44.2 Å². The van der Waals surface area contributed by atoms with Crippen LogP contribution in [-0.4, -0.2) is 38.5 Å². The van der Waals surface area contributed by atoms with Crippen LogP contribution in [0, 0.1) is 0 Å². The second-order valence-corrected chi connectivity index (χ2v) is 8.05. The number of aliphatic hydroxyl groups is 2. The first-order chi connectivity index (χ1) is 15.0. The van der Waals surface area contributed by atoms with Crippen LogP contribution in [0.5, 0.6) is 0 Å². The fourth-order valence-electron chi connectivity index (χ4n) is 3.56. The monoisotopic (exact) mass is 419 g/mol. The molecule has 6 nitrogen and oxygen atoms in total. The highest BCUT2D eigenvalue weighted by molar-refractivity contribution is 5.66. The Balaban J connectivity index is 1.39. The van der Waals surface area contributed by atoms with Crippen molar-refractivity contribution < 1.29 is 14.9 Å². The molecular formula is C25H29N3O3. The molecule has 1 unspecified atom stereocenters. The summed E-state index contributed by atoms with van der Waals surface area (Å²) >= 11 is 0. The minimum absolute atomic E-state index is 0.0760. The van der Waals surface area contributed by atoms with Gasteiger partial charge in [0, 0.05) is 18.4 Å². The molecule has 2 aromatic carbocycles. The zero-order chi connectivity index (χ0) is 21.8. The predicted molar refractivity (Wildman–Crippen MR) is 121 cm³/mol. The van der Waals surface area contributed by atoms with Gasteiger partial charge in [0.25, 0.3) is 0 Å². The van der Waals surface area contributed by atoms with Crippen LogP contribution in [0.2, 0.25) is 0 Å². The molecule has 0 bridgehead atoms. The Hall–Kier alpha value is -2.77. The van der Waals surface area contributed by atoms with Gasteiger partial charge in [-0.1, -0.05) is 60.7 Å². The van der Waals surface area contributed by atoms with Gasteiger partial charge in [-0.15, -0.1) is 0 Å². The molecule has 0 radical (unpaired) electrons. The van der Waals surface area contributed by atoms with E-state index in [1.807, 2.05) is 12.2 Å². The van der Waals surface area contributed by atoms with Crippen LogP contribution in [-0.2, 0) is 11.3 Å². The summed E-state index contributed by atoms with van der Waals surface area (Å²) in [5, 5.41) is 19.6. The Morgan fingerprint density at radius 1 is 1.16 bits per heavy atom. The largest absolute Gasteiger partial charge is 0.394 e. The number of benzene rings is 2. The fraction of sp³-hybridized carbons (Fsp3) is 0.320. The Labute approximate surface area is 182 Å². The highest BCUT2D eigenvalue weighted by Gasteiger charge is 2.34. The van der Waals surface area contributed by atoms with Crippen LogP contribution < -0.4 is 5.73 Å². The van der Waals surface area contributed by atoms with Gasteiger partial charge in [0.15, 0.2) is 0 Å². The molecule has 1 heterocycles. The summed E-state index contributed by atoms with van der Waals surface area (Å²) in [6, 6.07) is 16.6. The molecule has 1 aliphatic carbocycles. The molecule has 1 aromatic heterocycles. The molecular weight excluding hydrogens is 390 g/mol. The van der Waals surface area contributed by atoms with E-state index >= 15 is 0 Å². The average Bonchev–Trinajstić information content (AvgIpc) is 3.27. The third-order valence-electron chi connectivity index (χ3n) is 5.57. The predicted octanol–water partition coefficient (Wildman–Crippen LogP) is 3.47. The maximum Gasteiger partial charge on any atom is 0.137 e. The van der Waals surface area contributed by atoms with Gasteiger partial charge in [-0.3, -0.25) is 0 Å². The molecule has 4 atom stereocenters. The highest BCUT2D eigenvalue weighted by Crippen LogP contribution is 2.25. The third-order valence-corrected chi connectivity index (χ3v) is 5.57. The zero-order valence-electron chi connectivity index (χ0n) is 17.6. The van der Waals surface area contributed by atoms with E-state index in [-0.39, 0.29) is 24.8 Å². The summed E-state index contributed by atoms with van der Waals surface area (Å²) < 4.78 is 7.53. The normalized spacial score (nSPS) is 20.1. The lowest BCUT2D eigenvalue weighted by Gasteiger charge is -2.16. The standard InChI is InChI=1S/C25H29N3O3/c1-17(30)25-27-12-13-28(25)22(15-29)11-6-18-2-7-20(8-3-18)21-9-4-19(5-10-21)16-31-24-14-23(24)26/h2-13,17,22-24,29-30H,14-16,26H2,1H3/b11-6+/t17-,22-,23?,24-/m0/s1. The van der Waals surface area contributed by atoms with E-state index in [9.17, 15) is 10.2 Å². The summed E-state index contributed by atoms with van der Waals surface area (Å²) in [7, 11) is 0. The molecule has 31 heavy (non-hydrogen) atoms. The maximum absolute atomic E-state index is 9.85. The summed E-state index contributed by atoms with van der Waals surface area (Å²) in [6.45, 7) is 2.19. The Morgan fingerprint density at radius 2 is 1.81 bits per heavy atom. The van der Waals surface area contributed by atoms with Gasteiger partial charge in [0.1, 0.15) is 11.9 Å². The molecule has 162 valence electrons. The van der Waals surface area contributed by atoms with Gasteiger partial charge < -0.3 is 25.3 Å². The first-order valence-electron chi connectivity index (χ1n) is 10.6. The molecule has 3 aromatic rings. The van der Waals surface area contributed by atoms with E-state index in [1.54, 1.807) is 23.9 Å². The molecule has 1 fully saturated rings. The summed E-state index contributed by atoms with van der Waals surface area (Å²) in [6.07, 6.45) is 7.78. The van der Waals surface area contributed by atoms with Gasteiger partial charge in [0.2, 0.25) is 0 Å². The Morgan fingerprint density at radius 3 is 2.39 bits per heavy atom. The first kappa shape index (κ1) is 21.5. The fourth-order valence-corrected chi connectivity index (χ4v) is 3.56. The molecule has 6 heteroatoms. The molecule has 0 aliphatic heterocycles. The molecule has 1 saturated carbocycles. The van der Waals surface area contributed by atoms with Crippen LogP contribution in [0.1, 0.15) is 42.4 Å². The van der Waals surface area contributed by atoms with Crippen LogP contribution in [0.15, 0.2) is 67.0 Å². The number of ether oxygens (including phenoxy) is 1. The number of imidazole rings is 1. The van der Waals surface area contributed by atoms with E-state index in [0.29, 0.717) is 12.4 Å². The molecule has 1 aliphatic rings. The quantitative estimate of drug-likeness (QED) is 0.494. The number of rotatable bonds is 9. The molecule has 0 amide bonds. The smallest absolute Gasteiger partial charge is 0.137 e. The molecule has 0 saturated heterocycles. The number of nitrogens with zero attached hydrogens (tertiary/aromatic N) is 2. The molecule has 4 N–H and O–H groups in total. The van der Waals surface area contributed by atoms with E-state index in [0.717, 1.165) is 28.7 Å². The zero-order valence-corrected chi connectivity index (χ0v) is 17.6. The minimum Gasteiger partial charge on any atom is -0.394 e. The summed E-state index contributed by atoms with van der Waals surface area (Å²) in [5.41, 5.74) is 10.2. The van der Waals surface area contributed by atoms with Crippen LogP contribution in [0.3, 0.4) is 0 Å². The molecule has 4 rings (SSSR count). The first-order valence-corrected chi connectivity index (χ1v) is 10.6. The number of aromatic nitrogens is 2. The lowest BCUT2D eigenvalue weighted by atomic mass is 10.0. The highest BCUT2D eigenvalue weighted by atomic mass is 16.5. The van der Waals surface area contributed by atoms with Crippen molar-refractivity contribution in [3.8, 4) is 11.1 Å². The topological polar surface area (TPSA) is 93.5 Å². The third kappa shape index (κ3) is 5.29. The van der Waals surface area contributed by atoms with Gasteiger partial charge >= 0.3 is 0 Å². The lowest BCUT2D eigenvalue weighted by molar-refractivity contribution is 0.102. The van der Waals surface area contributed by atoms with Gasteiger partial charge in [0.05, 0.1) is 25.4 Å². The summed E-state index contributed by atoms with van der Waals surface area (Å²) in [4.78, 5) is 4.17. The molecule has 0 spiro atoms. The van der Waals surface area contributed by atoms with Crippen LogP contribution in [0.4, 0.5) is 0 Å². The van der Waals surface area contributed by atoms with Crippen molar-refractivity contribution in [3.63, 3.8) is 0 Å². The maximum atomic E-state index is 9.85. The lowest BCUT2D eigenvalue weighted by Crippen LogP contribution is -2.14. The van der Waals surface area contributed by atoms with Crippen molar-refractivity contribution in [1.29, 1.82) is 0 Å². The van der Waals surface area contributed by atoms with Gasteiger partial charge in [-0.2, -0.15) is 0 Å². The number of nitrogens with two attached hydrogens (primary N) is 1. The van der Waals surface area contributed by atoms with Crippen molar-refractivity contribution in [3.05, 3.63) is 84.0 Å². The van der Waals surface area contributed by atoms with Crippen molar-refractivity contribution >= 4 is 6.08 Å². The average molecular weight is 420 g/mol. The van der Waals surface area contributed by atoms with Crippen molar-refractivity contribution in [1.82, 2.24) is 9.55 Å². The van der Waals surface area contributed by atoms with E-state index in [4.69, 9.17) is 10.5 Å². The van der Waals surface area contributed by atoms with E-state index in [2.05, 4.69) is 53.5 Å². The SMILES string of the molecule is C[C@H](O)c1nccn1[C@@H](/C=C/c1ccc(-c2ccc(CO[C@H]3CC3N)cc2)cc1)CO. The van der Waals surface area contributed by atoms with Crippen molar-refractivity contribution in [2.75, 3.05) is 6.61 Å². The van der Waals surface area contributed by atoms with Crippen LogP contribution in [0.25, 0.3) is 17.2 Å². The van der Waals surface area contributed by atoms with Gasteiger partial charge in [-0.25, -0.2) is 4.98 Å². The number of hydrogen-bond acceptors (Lipinski definition) is 5. The Bertz CT molecular complexity index is 1010. The van der Waals surface area contributed by atoms with Crippen LogP contribution >= 0.6 is 0 Å². The second kappa shape index (κ2) is 9.58. The minimum atomic E-state index is -0.694. The Kier molecular flexibility index (Phi) is 6.63.